The van der Waals surface area contributed by atoms with Gasteiger partial charge in [0.05, 0.1) is 13.0 Å². The van der Waals surface area contributed by atoms with E-state index >= 15 is 0 Å². The second kappa shape index (κ2) is 5.46. The second-order valence-corrected chi connectivity index (χ2v) is 2.34. The first-order valence-corrected chi connectivity index (χ1v) is 3.50. The third kappa shape index (κ3) is 4.41. The number of rotatable bonds is 6. The van der Waals surface area contributed by atoms with Crippen LogP contribution in [0.25, 0.3) is 0 Å². The van der Waals surface area contributed by atoms with Crippen molar-refractivity contribution in [2.24, 2.45) is 0 Å². The summed E-state index contributed by atoms with van der Waals surface area (Å²) in [7, 11) is 0. The van der Waals surface area contributed by atoms with Gasteiger partial charge >= 0.3 is 11.9 Å². The molecule has 0 radical (unpaired) electrons. The van der Waals surface area contributed by atoms with Crippen LogP contribution in [-0.4, -0.2) is 56.7 Å². The molecule has 0 amide bonds. The van der Waals surface area contributed by atoms with Crippen molar-refractivity contribution in [2.45, 2.75) is 12.5 Å². The summed E-state index contributed by atoms with van der Waals surface area (Å²) >= 11 is 0. The molecule has 0 rings (SSSR count). The van der Waals surface area contributed by atoms with Gasteiger partial charge < -0.3 is 20.5 Å². The monoisotopic (exact) mass is 193 g/mol. The minimum absolute atomic E-state index is 0.288. The first kappa shape index (κ1) is 11.8. The molecular weight excluding hydrogens is 182 g/mol. The zero-order valence-electron chi connectivity index (χ0n) is 6.75. The van der Waals surface area contributed by atoms with Crippen molar-refractivity contribution in [2.75, 3.05) is 13.2 Å². The number of carboxylic acids is 2. The van der Waals surface area contributed by atoms with E-state index in [1.807, 2.05) is 0 Å². The Balaban J connectivity index is 4.23. The fourth-order valence-electron chi connectivity index (χ4n) is 0.744. The number of nitrogens with zero attached hydrogens (tertiary/aromatic N) is 1. The Kier molecular flexibility index (Phi) is 4.97. The van der Waals surface area contributed by atoms with E-state index in [1.54, 1.807) is 0 Å². The van der Waals surface area contributed by atoms with Gasteiger partial charge in [0.15, 0.2) is 0 Å². The largest absolute Gasteiger partial charge is 0.481 e. The molecule has 76 valence electrons. The maximum atomic E-state index is 10.4. The van der Waals surface area contributed by atoms with E-state index in [0.717, 1.165) is 0 Å². The molecular formula is C6H11NO6. The first-order chi connectivity index (χ1) is 5.99. The number of aliphatic carboxylic acids is 2. The fourth-order valence-corrected chi connectivity index (χ4v) is 0.744. The predicted molar refractivity (Wildman–Crippen MR) is 39.3 cm³/mol. The summed E-state index contributed by atoms with van der Waals surface area (Å²) in [5.41, 5.74) is 0. The van der Waals surface area contributed by atoms with Crippen molar-refractivity contribution in [1.29, 1.82) is 0 Å². The van der Waals surface area contributed by atoms with Gasteiger partial charge in [0.1, 0.15) is 6.04 Å². The summed E-state index contributed by atoms with van der Waals surface area (Å²) in [6.45, 7) is -0.746. The van der Waals surface area contributed by atoms with Gasteiger partial charge in [0.2, 0.25) is 0 Å². The predicted octanol–water partition coefficient (Wildman–Crippen LogP) is -1.40. The molecule has 0 aliphatic rings. The maximum absolute atomic E-state index is 10.4. The quantitative estimate of drug-likeness (QED) is 0.383. The van der Waals surface area contributed by atoms with Crippen molar-refractivity contribution < 1.29 is 30.1 Å². The summed E-state index contributed by atoms with van der Waals surface area (Å²) < 4.78 is 0. The summed E-state index contributed by atoms with van der Waals surface area (Å²) in [5, 5.41) is 34.4. The van der Waals surface area contributed by atoms with E-state index in [4.69, 9.17) is 20.5 Å². The highest BCUT2D eigenvalue weighted by atomic mass is 16.5. The Labute approximate surface area is 73.8 Å². The van der Waals surface area contributed by atoms with Crippen molar-refractivity contribution >= 4 is 11.9 Å². The van der Waals surface area contributed by atoms with Gasteiger partial charge in [-0.2, -0.15) is 5.06 Å². The fraction of sp³-hybridized carbons (Fsp3) is 0.667. The van der Waals surface area contributed by atoms with Crippen LogP contribution in [0, 0.1) is 0 Å². The van der Waals surface area contributed by atoms with E-state index < -0.39 is 31.0 Å². The third-order valence-electron chi connectivity index (χ3n) is 1.34. The highest BCUT2D eigenvalue weighted by Crippen LogP contribution is 2.01. The van der Waals surface area contributed by atoms with E-state index in [0.29, 0.717) is 0 Å². The zero-order chi connectivity index (χ0) is 10.4. The number of hydroxylamine groups is 2. The molecule has 0 unspecified atom stereocenters. The van der Waals surface area contributed by atoms with E-state index in [9.17, 15) is 9.59 Å². The van der Waals surface area contributed by atoms with Gasteiger partial charge in [0, 0.05) is 6.54 Å². The number of hydrogen-bond donors (Lipinski definition) is 4. The Morgan fingerprint density at radius 3 is 2.15 bits per heavy atom. The number of carboxylic acid groups (broad SMARTS) is 2. The lowest BCUT2D eigenvalue weighted by Crippen LogP contribution is -2.41. The summed E-state index contributed by atoms with van der Waals surface area (Å²) in [6.07, 6.45) is -0.716. The molecule has 0 fully saturated rings. The van der Waals surface area contributed by atoms with Crippen molar-refractivity contribution in [3.05, 3.63) is 0 Å². The molecule has 7 nitrogen and oxygen atoms in total. The molecule has 0 aromatic carbocycles. The Bertz CT molecular complexity index is 194. The molecule has 7 heteroatoms. The van der Waals surface area contributed by atoms with Crippen molar-refractivity contribution in [3.63, 3.8) is 0 Å². The molecule has 13 heavy (non-hydrogen) atoms. The van der Waals surface area contributed by atoms with Gasteiger partial charge in [-0.3, -0.25) is 9.59 Å². The van der Waals surface area contributed by atoms with Crippen LogP contribution in [0.5, 0.6) is 0 Å². The van der Waals surface area contributed by atoms with Crippen LogP contribution in [-0.2, 0) is 9.59 Å². The second-order valence-electron chi connectivity index (χ2n) is 2.34. The van der Waals surface area contributed by atoms with Gasteiger partial charge in [-0.25, -0.2) is 0 Å². The molecule has 4 N–H and O–H groups in total. The average Bonchev–Trinajstić information content (AvgIpc) is 1.99. The van der Waals surface area contributed by atoms with E-state index in [2.05, 4.69) is 0 Å². The highest BCUT2D eigenvalue weighted by molar-refractivity contribution is 5.80. The maximum Gasteiger partial charge on any atom is 0.323 e. The Hall–Kier alpha value is -1.18. The molecule has 0 aromatic rings. The van der Waals surface area contributed by atoms with Gasteiger partial charge in [-0.15, -0.1) is 0 Å². The van der Waals surface area contributed by atoms with Crippen LogP contribution in [0.4, 0.5) is 0 Å². The molecule has 0 aliphatic heterocycles. The lowest BCUT2D eigenvalue weighted by Gasteiger charge is -2.19. The highest BCUT2D eigenvalue weighted by Gasteiger charge is 2.26. The van der Waals surface area contributed by atoms with Gasteiger partial charge in [-0.1, -0.05) is 0 Å². The van der Waals surface area contributed by atoms with Crippen LogP contribution in [0.15, 0.2) is 0 Å². The van der Waals surface area contributed by atoms with Crippen LogP contribution in [0.1, 0.15) is 6.42 Å². The number of carbonyl (C=O) groups is 2. The molecule has 0 heterocycles. The van der Waals surface area contributed by atoms with Crippen LogP contribution in [0.2, 0.25) is 0 Å². The molecule has 0 aromatic heterocycles. The molecule has 0 spiro atoms. The van der Waals surface area contributed by atoms with Crippen LogP contribution >= 0.6 is 0 Å². The molecule has 0 aliphatic carbocycles. The van der Waals surface area contributed by atoms with Crippen molar-refractivity contribution in [3.8, 4) is 0 Å². The zero-order valence-corrected chi connectivity index (χ0v) is 6.75. The standard InChI is InChI=1S/C6H11NO6/c8-2-1-7(13)4(6(11)12)3-5(9)10/h4,8,13H,1-3H2,(H,9,10)(H,11,12)/t4-/m0/s1. The van der Waals surface area contributed by atoms with Crippen LogP contribution < -0.4 is 0 Å². The first-order valence-electron chi connectivity index (χ1n) is 3.50. The van der Waals surface area contributed by atoms with E-state index in [1.165, 1.54) is 0 Å². The smallest absolute Gasteiger partial charge is 0.323 e. The minimum atomic E-state index is -1.52. The average molecular weight is 193 g/mol. The Morgan fingerprint density at radius 2 is 1.85 bits per heavy atom. The normalized spacial score (nSPS) is 12.8. The van der Waals surface area contributed by atoms with E-state index in [-0.39, 0.29) is 11.6 Å². The molecule has 0 bridgehead atoms. The molecule has 0 saturated heterocycles. The Morgan fingerprint density at radius 1 is 1.31 bits per heavy atom. The lowest BCUT2D eigenvalue weighted by atomic mass is 10.2. The SMILES string of the molecule is O=C(O)C[C@@H](C(=O)O)N(O)CCO. The summed E-state index contributed by atoms with van der Waals surface area (Å²) in [4.78, 5) is 20.6. The summed E-state index contributed by atoms with van der Waals surface area (Å²) in [6, 6.07) is -1.52. The van der Waals surface area contributed by atoms with Crippen LogP contribution in [0.3, 0.4) is 0 Å². The third-order valence-corrected chi connectivity index (χ3v) is 1.34. The molecule has 1 atom stereocenters. The van der Waals surface area contributed by atoms with Gasteiger partial charge in [0.25, 0.3) is 0 Å². The number of aliphatic hydroxyl groups excluding tert-OH is 1. The van der Waals surface area contributed by atoms with Gasteiger partial charge in [-0.05, 0) is 0 Å². The number of hydrogen-bond acceptors (Lipinski definition) is 5. The number of aliphatic hydroxyl groups is 1. The topological polar surface area (TPSA) is 118 Å². The summed E-state index contributed by atoms with van der Waals surface area (Å²) in [5.74, 6) is -2.78. The lowest BCUT2D eigenvalue weighted by molar-refractivity contribution is -0.177. The molecule has 0 saturated carbocycles. The van der Waals surface area contributed by atoms with Crippen molar-refractivity contribution in [1.82, 2.24) is 5.06 Å². The minimum Gasteiger partial charge on any atom is -0.481 e.